The van der Waals surface area contributed by atoms with Gasteiger partial charge in [-0.1, -0.05) is 42.6 Å². The summed E-state index contributed by atoms with van der Waals surface area (Å²) in [5.74, 6) is -1.15. The number of nitrogens with zero attached hydrogens (tertiary/aromatic N) is 3. The Kier molecular flexibility index (Phi) is 5.86. The van der Waals surface area contributed by atoms with Crippen molar-refractivity contribution in [2.75, 3.05) is 13.7 Å². The summed E-state index contributed by atoms with van der Waals surface area (Å²) in [6.07, 6.45) is 1.67. The van der Waals surface area contributed by atoms with Gasteiger partial charge in [0.2, 0.25) is 5.88 Å². The van der Waals surface area contributed by atoms with E-state index < -0.39 is 47.4 Å². The van der Waals surface area contributed by atoms with Crippen LogP contribution in [0.25, 0.3) is 5.69 Å². The van der Waals surface area contributed by atoms with E-state index in [-0.39, 0.29) is 36.1 Å². The molecule has 3 rings (SSSR count). The number of carbonyl (C=O) groups is 1. The van der Waals surface area contributed by atoms with Crippen molar-refractivity contribution in [3.8, 4) is 17.6 Å². The molecule has 1 aliphatic carbocycles. The molecule has 1 unspecified atom stereocenters. The lowest BCUT2D eigenvalue weighted by Crippen LogP contribution is -2.29. The van der Waals surface area contributed by atoms with Crippen molar-refractivity contribution in [3.05, 3.63) is 33.4 Å². The van der Waals surface area contributed by atoms with E-state index in [4.69, 9.17) is 39.5 Å². The topological polar surface area (TPSA) is 77.1 Å². The van der Waals surface area contributed by atoms with Gasteiger partial charge in [-0.25, -0.2) is 4.79 Å². The van der Waals surface area contributed by atoms with E-state index in [1.807, 2.05) is 0 Å². The van der Waals surface area contributed by atoms with Gasteiger partial charge < -0.3 is 9.47 Å². The van der Waals surface area contributed by atoms with Crippen LogP contribution in [0.5, 0.6) is 5.88 Å². The molecule has 1 aromatic carbocycles. The molecule has 15 heteroatoms. The lowest BCUT2D eigenvalue weighted by Gasteiger charge is -2.40. The van der Waals surface area contributed by atoms with E-state index in [9.17, 15) is 29.5 Å². The minimum absolute atomic E-state index is 0.00257. The van der Waals surface area contributed by atoms with Crippen molar-refractivity contribution in [2.45, 2.75) is 29.5 Å². The zero-order valence-corrected chi connectivity index (χ0v) is 19.9. The van der Waals surface area contributed by atoms with Crippen molar-refractivity contribution >= 4 is 51.0 Å². The molecule has 1 saturated carbocycles. The summed E-state index contributed by atoms with van der Waals surface area (Å²) in [7, 11) is -9.05. The Morgan fingerprint density at radius 2 is 1.82 bits per heavy atom. The zero-order chi connectivity index (χ0) is 25.0. The summed E-state index contributed by atoms with van der Waals surface area (Å²) >= 11 is 18.2. The Bertz CT molecular complexity index is 1170. The number of hydrogen-bond acceptors (Lipinski definition) is 5. The fraction of sp³-hybridized carbons (Fsp3) is 0.389. The second-order valence-corrected chi connectivity index (χ2v) is 11.5. The van der Waals surface area contributed by atoms with Crippen LogP contribution in [0.1, 0.15) is 31.0 Å². The van der Waals surface area contributed by atoms with Crippen LogP contribution in [-0.4, -0.2) is 29.5 Å². The number of methoxy groups -OCH3 is 1. The van der Waals surface area contributed by atoms with Gasteiger partial charge in [-0.15, -0.1) is 11.6 Å². The Labute approximate surface area is 199 Å². The van der Waals surface area contributed by atoms with Crippen molar-refractivity contribution < 1.29 is 33.7 Å². The maximum Gasteiger partial charge on any atom is 0.331 e. The average molecular weight is 555 g/mol. The van der Waals surface area contributed by atoms with Crippen molar-refractivity contribution in [2.24, 2.45) is 5.92 Å². The molecule has 182 valence electrons. The lowest BCUT2D eigenvalue weighted by atomic mass is 10.0. The van der Waals surface area contributed by atoms with Crippen molar-refractivity contribution in [1.82, 2.24) is 9.78 Å². The number of ether oxygens (including phenoxy) is 2. The number of esters is 1. The molecule has 0 saturated heterocycles. The van der Waals surface area contributed by atoms with Crippen LogP contribution in [0.3, 0.4) is 0 Å². The maximum atomic E-state index is 13.3. The van der Waals surface area contributed by atoms with Crippen LogP contribution in [0.2, 0.25) is 10.0 Å². The van der Waals surface area contributed by atoms with Crippen LogP contribution in [0.4, 0.5) is 19.4 Å². The second kappa shape index (κ2) is 7.53. The minimum Gasteiger partial charge on any atom is -0.477 e. The van der Waals surface area contributed by atoms with Gasteiger partial charge >= 0.3 is 16.2 Å². The smallest absolute Gasteiger partial charge is 0.331 e. The molecule has 6 nitrogen and oxygen atoms in total. The predicted molar refractivity (Wildman–Crippen MR) is 113 cm³/mol. The highest BCUT2D eigenvalue weighted by molar-refractivity contribution is 8.45. The number of benzene rings is 1. The molecule has 0 aliphatic heterocycles. The van der Waals surface area contributed by atoms with Crippen LogP contribution < -0.4 is 4.74 Å². The largest absolute Gasteiger partial charge is 0.477 e. The molecule has 1 atom stereocenters. The second-order valence-electron chi connectivity index (χ2n) is 7.51. The number of carbonyl (C=O) groups excluding carboxylic acids is 1. The van der Waals surface area contributed by atoms with Gasteiger partial charge in [-0.3, -0.25) is 0 Å². The van der Waals surface area contributed by atoms with Crippen LogP contribution in [-0.2, 0) is 14.4 Å². The standard InChI is InChI=1S/C18H15Cl3F5N3O3S/c1-18(21,17(30)31-2)14-13(7-27)28-29(16(14)32-8-9-3-4-9)15-11(19)5-10(6-12(15)20)33(22,23,24,25)26/h5-6,9H,3-4,8H2,1-2H3. The van der Waals surface area contributed by atoms with E-state index in [1.165, 1.54) is 6.92 Å². The SMILES string of the molecule is COC(=O)C(C)(Cl)c1c(C#N)nn(-c2c(Cl)cc(S(F)(F)(F)(F)F)cc2Cl)c1OCC1CC1. The number of rotatable bonds is 7. The molecule has 0 N–H and O–H groups in total. The first-order valence-electron chi connectivity index (χ1n) is 9.08. The Hall–Kier alpha value is -1.94. The predicted octanol–water partition coefficient (Wildman–Crippen LogP) is 7.12. The third-order valence-electron chi connectivity index (χ3n) is 4.79. The first-order valence-corrected chi connectivity index (χ1v) is 12.2. The summed E-state index contributed by atoms with van der Waals surface area (Å²) in [5.41, 5.74) is -1.16. The fourth-order valence-corrected chi connectivity index (χ4v) is 4.64. The monoisotopic (exact) mass is 553 g/mol. The third kappa shape index (κ3) is 5.11. The van der Waals surface area contributed by atoms with Crippen molar-refractivity contribution in [1.29, 1.82) is 5.26 Å². The van der Waals surface area contributed by atoms with Gasteiger partial charge in [0, 0.05) is 0 Å². The molecular formula is C18H15Cl3F5N3O3S. The van der Waals surface area contributed by atoms with Gasteiger partial charge in [-0.2, -0.15) is 15.0 Å². The molecule has 0 amide bonds. The molecule has 1 heterocycles. The summed E-state index contributed by atoms with van der Waals surface area (Å²) in [4.78, 5) is 7.99. The molecule has 1 aromatic heterocycles. The Morgan fingerprint density at radius 3 is 2.24 bits per heavy atom. The number of nitriles is 1. The Morgan fingerprint density at radius 1 is 1.27 bits per heavy atom. The Balaban J connectivity index is 2.29. The van der Waals surface area contributed by atoms with E-state index in [0.717, 1.165) is 24.6 Å². The minimum atomic E-state index is -10.1. The molecule has 1 aliphatic rings. The molecular weight excluding hydrogens is 540 g/mol. The van der Waals surface area contributed by atoms with Gasteiger partial charge in [0.1, 0.15) is 16.7 Å². The quantitative estimate of drug-likeness (QED) is 0.207. The summed E-state index contributed by atoms with van der Waals surface area (Å²) in [6, 6.07) is 1.72. The molecule has 33 heavy (non-hydrogen) atoms. The number of alkyl halides is 1. The van der Waals surface area contributed by atoms with E-state index in [2.05, 4.69) is 9.84 Å². The summed E-state index contributed by atoms with van der Waals surface area (Å²) in [5, 5.41) is 11.8. The third-order valence-corrected chi connectivity index (χ3v) is 6.83. The maximum absolute atomic E-state index is 13.3. The molecule has 1 fully saturated rings. The average Bonchev–Trinajstić information content (AvgIpc) is 3.43. The highest BCUT2D eigenvalue weighted by Crippen LogP contribution is 3.02. The van der Waals surface area contributed by atoms with Crippen LogP contribution >= 0.6 is 45.0 Å². The first kappa shape index (κ1) is 25.7. The van der Waals surface area contributed by atoms with E-state index in [1.54, 1.807) is 6.07 Å². The number of halogens is 8. The number of aromatic nitrogens is 2. The molecule has 0 bridgehead atoms. The molecule has 2 aromatic rings. The van der Waals surface area contributed by atoms with Gasteiger partial charge in [0.05, 0.1) is 29.3 Å². The van der Waals surface area contributed by atoms with Gasteiger partial charge in [0.15, 0.2) is 10.6 Å². The summed E-state index contributed by atoms with van der Waals surface area (Å²) < 4.78 is 77.5. The summed E-state index contributed by atoms with van der Waals surface area (Å²) in [6.45, 7) is 1.30. The fourth-order valence-electron chi connectivity index (χ4n) is 2.93. The molecule has 0 spiro atoms. The highest BCUT2D eigenvalue weighted by atomic mass is 35.5. The lowest BCUT2D eigenvalue weighted by molar-refractivity contribution is -0.143. The zero-order valence-electron chi connectivity index (χ0n) is 16.9. The van der Waals surface area contributed by atoms with Crippen molar-refractivity contribution in [3.63, 3.8) is 0 Å². The number of hydrogen-bond donors (Lipinski definition) is 0. The van der Waals surface area contributed by atoms with E-state index >= 15 is 0 Å². The highest BCUT2D eigenvalue weighted by Gasteiger charge is 2.65. The van der Waals surface area contributed by atoms with Gasteiger partial charge in [0.25, 0.3) is 0 Å². The van der Waals surface area contributed by atoms with Gasteiger partial charge in [-0.05, 0) is 37.8 Å². The van der Waals surface area contributed by atoms with Crippen LogP contribution in [0, 0.1) is 17.2 Å². The van der Waals surface area contributed by atoms with Crippen LogP contribution in [0.15, 0.2) is 17.0 Å². The normalized spacial score (nSPS) is 18.0. The first-order chi connectivity index (χ1) is 14.9. The van der Waals surface area contributed by atoms with E-state index in [0.29, 0.717) is 0 Å². The molecule has 0 radical (unpaired) electrons.